The summed E-state index contributed by atoms with van der Waals surface area (Å²) in [6, 6.07) is 3.32. The van der Waals surface area contributed by atoms with Crippen molar-refractivity contribution in [2.45, 2.75) is 6.42 Å². The summed E-state index contributed by atoms with van der Waals surface area (Å²) in [5, 5.41) is 13.0. The van der Waals surface area contributed by atoms with Crippen LogP contribution < -0.4 is 11.0 Å². The Labute approximate surface area is 103 Å². The largest absolute Gasteiger partial charge is 0.369 e. The van der Waals surface area contributed by atoms with Gasteiger partial charge in [0.05, 0.1) is 5.75 Å². The van der Waals surface area contributed by atoms with Gasteiger partial charge in [-0.05, 0) is 18.6 Å². The van der Waals surface area contributed by atoms with Gasteiger partial charge in [0.25, 0.3) is 0 Å². The summed E-state index contributed by atoms with van der Waals surface area (Å²) < 4.78 is 23.0. The molecule has 0 fully saturated rings. The number of rotatable bonds is 5. The minimum Gasteiger partial charge on any atom is -0.369 e. The Kier molecular flexibility index (Phi) is 3.32. The van der Waals surface area contributed by atoms with Crippen LogP contribution in [0.2, 0.25) is 0 Å². The second-order valence-electron chi connectivity index (χ2n) is 3.93. The molecular weight excluding hydrogens is 258 g/mol. The van der Waals surface area contributed by atoms with Crippen molar-refractivity contribution >= 4 is 21.3 Å². The van der Waals surface area contributed by atoms with Gasteiger partial charge in [-0.3, -0.25) is 0 Å². The number of fused-ring (bicyclic) bond motifs is 1. The number of aromatic nitrogens is 4. The SMILES string of the molecule is CS(=O)(=O)CCCNc1ccc2n[nH]c(=O)n2n1. The van der Waals surface area contributed by atoms with Crippen LogP contribution in [0.15, 0.2) is 16.9 Å². The van der Waals surface area contributed by atoms with E-state index in [2.05, 4.69) is 20.6 Å². The van der Waals surface area contributed by atoms with Crippen molar-refractivity contribution < 1.29 is 8.42 Å². The number of anilines is 1. The fourth-order valence-electron chi connectivity index (χ4n) is 1.45. The van der Waals surface area contributed by atoms with Crippen molar-refractivity contribution in [3.63, 3.8) is 0 Å². The van der Waals surface area contributed by atoms with Gasteiger partial charge in [0.1, 0.15) is 15.7 Å². The van der Waals surface area contributed by atoms with Gasteiger partial charge >= 0.3 is 5.69 Å². The summed E-state index contributed by atoms with van der Waals surface area (Å²) in [5.41, 5.74) is 0.0199. The highest BCUT2D eigenvalue weighted by Crippen LogP contribution is 2.02. The molecule has 2 heterocycles. The van der Waals surface area contributed by atoms with Crippen molar-refractivity contribution in [3.8, 4) is 0 Å². The molecule has 0 atom stereocenters. The normalized spacial score (nSPS) is 11.8. The molecule has 2 aromatic heterocycles. The maximum Gasteiger partial charge on any atom is 0.364 e. The Hall–Kier alpha value is -1.90. The van der Waals surface area contributed by atoms with E-state index in [4.69, 9.17) is 0 Å². The Balaban J connectivity index is 2.00. The summed E-state index contributed by atoms with van der Waals surface area (Å²) in [4.78, 5) is 11.3. The van der Waals surface area contributed by atoms with E-state index >= 15 is 0 Å². The third-order valence-electron chi connectivity index (χ3n) is 2.27. The van der Waals surface area contributed by atoms with E-state index in [-0.39, 0.29) is 5.75 Å². The van der Waals surface area contributed by atoms with Crippen molar-refractivity contribution in [1.82, 2.24) is 19.8 Å². The van der Waals surface area contributed by atoms with Crippen LogP contribution in [0.4, 0.5) is 5.82 Å². The average molecular weight is 271 g/mol. The van der Waals surface area contributed by atoms with Gasteiger partial charge in [0, 0.05) is 12.8 Å². The second kappa shape index (κ2) is 4.77. The minimum atomic E-state index is -2.94. The van der Waals surface area contributed by atoms with Gasteiger partial charge in [-0.25, -0.2) is 18.3 Å². The monoisotopic (exact) mass is 271 g/mol. The van der Waals surface area contributed by atoms with Gasteiger partial charge in [-0.1, -0.05) is 0 Å². The second-order valence-corrected chi connectivity index (χ2v) is 6.19. The van der Waals surface area contributed by atoms with Crippen molar-refractivity contribution in [2.75, 3.05) is 23.9 Å². The number of nitrogens with zero attached hydrogens (tertiary/aromatic N) is 3. The summed E-state index contributed by atoms with van der Waals surface area (Å²) in [6.07, 6.45) is 1.68. The molecule has 0 radical (unpaired) electrons. The van der Waals surface area contributed by atoms with Gasteiger partial charge < -0.3 is 5.32 Å². The van der Waals surface area contributed by atoms with Crippen LogP contribution in [-0.4, -0.2) is 46.8 Å². The molecule has 0 spiro atoms. The Morgan fingerprint density at radius 3 is 2.94 bits per heavy atom. The molecule has 0 aliphatic carbocycles. The predicted molar refractivity (Wildman–Crippen MR) is 66.4 cm³/mol. The van der Waals surface area contributed by atoms with E-state index in [0.29, 0.717) is 24.4 Å². The molecule has 0 bridgehead atoms. The number of H-pyrrole nitrogens is 1. The molecule has 2 aromatic rings. The number of nitrogens with one attached hydrogen (secondary N) is 2. The molecular formula is C9H13N5O3S. The Morgan fingerprint density at radius 2 is 2.22 bits per heavy atom. The standard InChI is InChI=1S/C9H13N5O3S/c1-18(16,17)6-2-5-10-7-3-4-8-11-12-9(15)14(8)13-7/h3-4H,2,5-6H2,1H3,(H,10,13)(H,12,15). The van der Waals surface area contributed by atoms with Gasteiger partial charge in [-0.15, -0.1) is 5.10 Å². The van der Waals surface area contributed by atoms with Crippen molar-refractivity contribution in [2.24, 2.45) is 0 Å². The van der Waals surface area contributed by atoms with E-state index in [9.17, 15) is 13.2 Å². The first-order valence-corrected chi connectivity index (χ1v) is 7.38. The third-order valence-corrected chi connectivity index (χ3v) is 3.30. The van der Waals surface area contributed by atoms with Crippen LogP contribution in [0, 0.1) is 0 Å². The summed E-state index contributed by atoms with van der Waals surface area (Å²) >= 11 is 0. The lowest BCUT2D eigenvalue weighted by Crippen LogP contribution is -2.15. The summed E-state index contributed by atoms with van der Waals surface area (Å²) in [6.45, 7) is 0.470. The molecule has 0 saturated carbocycles. The van der Waals surface area contributed by atoms with Gasteiger partial charge in [-0.2, -0.15) is 9.61 Å². The van der Waals surface area contributed by atoms with E-state index in [1.54, 1.807) is 12.1 Å². The predicted octanol–water partition coefficient (Wildman–Crippen LogP) is -0.736. The smallest absolute Gasteiger partial charge is 0.364 e. The first-order valence-electron chi connectivity index (χ1n) is 5.32. The van der Waals surface area contributed by atoms with E-state index in [1.807, 2.05) is 0 Å². The van der Waals surface area contributed by atoms with Gasteiger partial charge in [0.2, 0.25) is 0 Å². The van der Waals surface area contributed by atoms with Crippen molar-refractivity contribution in [1.29, 1.82) is 0 Å². The lowest BCUT2D eigenvalue weighted by molar-refractivity contribution is 0.600. The van der Waals surface area contributed by atoms with Crippen LogP contribution in [0.1, 0.15) is 6.42 Å². The molecule has 0 amide bonds. The third kappa shape index (κ3) is 3.06. The van der Waals surface area contributed by atoms with E-state index < -0.39 is 15.5 Å². The van der Waals surface area contributed by atoms with E-state index in [1.165, 1.54) is 6.26 Å². The van der Waals surface area contributed by atoms with Crippen LogP contribution in [0.3, 0.4) is 0 Å². The first-order chi connectivity index (χ1) is 8.46. The maximum atomic E-state index is 11.3. The molecule has 0 unspecified atom stereocenters. The number of sulfone groups is 1. The molecule has 0 aliphatic heterocycles. The fraction of sp³-hybridized carbons (Fsp3) is 0.444. The molecule has 9 heteroatoms. The van der Waals surface area contributed by atoms with Crippen LogP contribution in [-0.2, 0) is 9.84 Å². The van der Waals surface area contributed by atoms with Crippen molar-refractivity contribution in [3.05, 3.63) is 22.6 Å². The number of hydrogen-bond donors (Lipinski definition) is 2. The topological polar surface area (TPSA) is 109 Å². The highest BCUT2D eigenvalue weighted by atomic mass is 32.2. The maximum absolute atomic E-state index is 11.3. The zero-order valence-electron chi connectivity index (χ0n) is 9.75. The number of hydrogen-bond acceptors (Lipinski definition) is 6. The molecule has 2 rings (SSSR count). The summed E-state index contributed by atoms with van der Waals surface area (Å²) in [7, 11) is -2.94. The summed E-state index contributed by atoms with van der Waals surface area (Å²) in [5.74, 6) is 0.618. The van der Waals surface area contributed by atoms with Crippen LogP contribution in [0.25, 0.3) is 5.65 Å². The lowest BCUT2D eigenvalue weighted by Gasteiger charge is -2.04. The lowest BCUT2D eigenvalue weighted by atomic mass is 10.4. The molecule has 0 saturated heterocycles. The Morgan fingerprint density at radius 1 is 1.44 bits per heavy atom. The Bertz CT molecular complexity index is 702. The minimum absolute atomic E-state index is 0.119. The van der Waals surface area contributed by atoms with Crippen LogP contribution in [0.5, 0.6) is 0 Å². The molecule has 8 nitrogen and oxygen atoms in total. The first kappa shape index (κ1) is 12.6. The number of aromatic amines is 1. The zero-order valence-corrected chi connectivity index (χ0v) is 10.6. The van der Waals surface area contributed by atoms with Gasteiger partial charge in [0.15, 0.2) is 5.65 Å². The molecule has 98 valence electrons. The zero-order chi connectivity index (χ0) is 13.2. The molecule has 2 N–H and O–H groups in total. The highest BCUT2D eigenvalue weighted by molar-refractivity contribution is 7.90. The average Bonchev–Trinajstić information content (AvgIpc) is 2.65. The molecule has 0 aliphatic rings. The van der Waals surface area contributed by atoms with E-state index in [0.717, 1.165) is 4.52 Å². The molecule has 18 heavy (non-hydrogen) atoms. The quantitative estimate of drug-likeness (QED) is 0.693. The van der Waals surface area contributed by atoms with Crippen LogP contribution >= 0.6 is 0 Å². The fourth-order valence-corrected chi connectivity index (χ4v) is 2.12. The highest BCUT2D eigenvalue weighted by Gasteiger charge is 2.04. The molecule has 0 aromatic carbocycles.